The highest BCUT2D eigenvalue weighted by Crippen LogP contribution is 2.14. The van der Waals surface area contributed by atoms with Crippen LogP contribution in [0.2, 0.25) is 0 Å². The van der Waals surface area contributed by atoms with Crippen LogP contribution in [-0.2, 0) is 27.5 Å². The van der Waals surface area contributed by atoms with E-state index in [1.165, 1.54) is 0 Å². The van der Waals surface area contributed by atoms with Crippen molar-refractivity contribution in [1.82, 2.24) is 4.90 Å². The molecular weight excluding hydrogens is 376 g/mol. The van der Waals surface area contributed by atoms with Crippen LogP contribution < -0.4 is 5.73 Å². The second kappa shape index (κ2) is 11.5. The van der Waals surface area contributed by atoms with Crippen molar-refractivity contribution in [3.05, 3.63) is 71.8 Å². The number of rotatable bonds is 9. The molecule has 1 atom stereocenters. The van der Waals surface area contributed by atoms with Gasteiger partial charge in [-0.1, -0.05) is 60.7 Å². The maximum absolute atomic E-state index is 12.6. The Morgan fingerprint density at radius 2 is 1.31 bits per heavy atom. The largest absolute Gasteiger partial charge is 0.480 e. The second-order valence-corrected chi connectivity index (χ2v) is 6.24. The van der Waals surface area contributed by atoms with E-state index in [4.69, 9.17) is 15.2 Å². The van der Waals surface area contributed by atoms with E-state index in [0.29, 0.717) is 22.4 Å². The third kappa shape index (κ3) is 6.93. The van der Waals surface area contributed by atoms with Crippen molar-refractivity contribution in [2.45, 2.75) is 32.1 Å². The Hall–Kier alpha value is -3.39. The molecule has 3 N–H and O–H groups in total. The van der Waals surface area contributed by atoms with Crippen LogP contribution in [0.5, 0.6) is 0 Å². The molecule has 0 fully saturated rings. The lowest BCUT2D eigenvalue weighted by atomic mass is 10.1. The average molecular weight is 400 g/mol. The Morgan fingerprint density at radius 3 is 1.69 bits per heavy atom. The summed E-state index contributed by atoms with van der Waals surface area (Å²) >= 11 is 0. The zero-order valence-electron chi connectivity index (χ0n) is 15.9. The van der Waals surface area contributed by atoms with E-state index in [2.05, 4.69) is 0 Å². The van der Waals surface area contributed by atoms with Crippen LogP contribution >= 0.6 is 0 Å². The van der Waals surface area contributed by atoms with Crippen LogP contribution in [0.1, 0.15) is 24.0 Å². The standard InChI is InChI=1S/C21H24N2O6/c22-13-7-12-18(19(24)25)23(20(26)28-14-16-8-3-1-4-9-16)21(27)29-15-17-10-5-2-6-11-17/h1-6,8-11,18H,7,12-15,22H2,(H,24,25)/t18-/m1/s1. The Labute approximate surface area is 168 Å². The highest BCUT2D eigenvalue weighted by Gasteiger charge is 2.37. The van der Waals surface area contributed by atoms with Gasteiger partial charge in [0.25, 0.3) is 0 Å². The van der Waals surface area contributed by atoms with E-state index in [9.17, 15) is 19.5 Å². The number of nitrogens with zero attached hydrogens (tertiary/aromatic N) is 1. The minimum Gasteiger partial charge on any atom is -0.480 e. The SMILES string of the molecule is NCCC[C@H](C(=O)O)N(C(=O)OCc1ccccc1)C(=O)OCc1ccccc1. The van der Waals surface area contributed by atoms with Crippen LogP contribution in [0.4, 0.5) is 9.59 Å². The van der Waals surface area contributed by atoms with Gasteiger partial charge in [0.05, 0.1) is 0 Å². The molecule has 0 aliphatic heterocycles. The number of nitrogens with two attached hydrogens (primary N) is 1. The Bertz CT molecular complexity index is 742. The third-order valence-electron chi connectivity index (χ3n) is 4.08. The maximum atomic E-state index is 12.6. The summed E-state index contributed by atoms with van der Waals surface area (Å²) in [5.41, 5.74) is 6.86. The quantitative estimate of drug-likeness (QED) is 0.663. The molecule has 0 bridgehead atoms. The van der Waals surface area contributed by atoms with Gasteiger partial charge in [-0.25, -0.2) is 14.4 Å². The number of carboxylic acids is 1. The van der Waals surface area contributed by atoms with E-state index in [1.54, 1.807) is 48.5 Å². The summed E-state index contributed by atoms with van der Waals surface area (Å²) < 4.78 is 10.3. The summed E-state index contributed by atoms with van der Waals surface area (Å²) in [6, 6.07) is 16.3. The fraction of sp³-hybridized carbons (Fsp3) is 0.286. The van der Waals surface area contributed by atoms with Crippen LogP contribution in [-0.4, -0.2) is 40.7 Å². The normalized spacial score (nSPS) is 11.3. The Morgan fingerprint density at radius 1 is 0.862 bits per heavy atom. The van der Waals surface area contributed by atoms with Crippen LogP contribution in [0.25, 0.3) is 0 Å². The molecule has 0 aliphatic carbocycles. The minimum absolute atomic E-state index is 0.00723. The topological polar surface area (TPSA) is 119 Å². The van der Waals surface area contributed by atoms with E-state index in [-0.39, 0.29) is 26.2 Å². The maximum Gasteiger partial charge on any atom is 0.420 e. The number of hydrogen-bond acceptors (Lipinski definition) is 6. The van der Waals surface area contributed by atoms with E-state index in [1.807, 2.05) is 12.1 Å². The number of benzene rings is 2. The fourth-order valence-electron chi connectivity index (χ4n) is 2.58. The monoisotopic (exact) mass is 400 g/mol. The fourth-order valence-corrected chi connectivity index (χ4v) is 2.58. The average Bonchev–Trinajstić information content (AvgIpc) is 2.74. The molecule has 2 amide bonds. The highest BCUT2D eigenvalue weighted by atomic mass is 16.6. The van der Waals surface area contributed by atoms with Crippen molar-refractivity contribution in [1.29, 1.82) is 0 Å². The van der Waals surface area contributed by atoms with Crippen LogP contribution in [0.3, 0.4) is 0 Å². The van der Waals surface area contributed by atoms with Crippen LogP contribution in [0.15, 0.2) is 60.7 Å². The molecule has 0 saturated heterocycles. The first-order valence-corrected chi connectivity index (χ1v) is 9.16. The van der Waals surface area contributed by atoms with Gasteiger partial charge in [0.1, 0.15) is 19.3 Å². The summed E-state index contributed by atoms with van der Waals surface area (Å²) in [6.45, 7) is 0.00643. The number of aliphatic carboxylic acids is 1. The molecule has 29 heavy (non-hydrogen) atoms. The molecule has 0 aromatic heterocycles. The number of carboxylic acid groups (broad SMARTS) is 1. The molecule has 2 aromatic carbocycles. The van der Waals surface area contributed by atoms with Crippen molar-refractivity contribution in [2.24, 2.45) is 5.73 Å². The summed E-state index contributed by atoms with van der Waals surface area (Å²) in [6.07, 6.45) is -1.87. The number of hydrogen-bond donors (Lipinski definition) is 2. The molecule has 8 nitrogen and oxygen atoms in total. The van der Waals surface area contributed by atoms with E-state index < -0.39 is 24.2 Å². The third-order valence-corrected chi connectivity index (χ3v) is 4.08. The van der Waals surface area contributed by atoms with Gasteiger partial charge in [0.2, 0.25) is 0 Å². The first kappa shape index (κ1) is 21.9. The summed E-state index contributed by atoms with van der Waals surface area (Å²) in [7, 11) is 0. The molecule has 154 valence electrons. The van der Waals surface area contributed by atoms with Crippen molar-refractivity contribution >= 4 is 18.2 Å². The molecule has 2 rings (SSSR count). The highest BCUT2D eigenvalue weighted by molar-refractivity contribution is 5.93. The number of imide groups is 1. The van der Waals surface area contributed by atoms with Crippen molar-refractivity contribution < 1.29 is 29.0 Å². The zero-order chi connectivity index (χ0) is 21.1. The lowest BCUT2D eigenvalue weighted by Gasteiger charge is -2.25. The smallest absolute Gasteiger partial charge is 0.420 e. The molecule has 0 spiro atoms. The summed E-state index contributed by atoms with van der Waals surface area (Å²) in [5.74, 6) is -1.34. The predicted molar refractivity (Wildman–Crippen MR) is 105 cm³/mol. The van der Waals surface area contributed by atoms with Crippen molar-refractivity contribution in [3.8, 4) is 0 Å². The van der Waals surface area contributed by atoms with Crippen LogP contribution in [0, 0.1) is 0 Å². The molecule has 0 aliphatic rings. The predicted octanol–water partition coefficient (Wildman–Crippen LogP) is 3.15. The molecule has 8 heteroatoms. The van der Waals surface area contributed by atoms with Gasteiger partial charge in [-0.05, 0) is 30.5 Å². The van der Waals surface area contributed by atoms with Gasteiger partial charge in [0.15, 0.2) is 0 Å². The van der Waals surface area contributed by atoms with Gasteiger partial charge in [-0.3, -0.25) is 0 Å². The van der Waals surface area contributed by atoms with Crippen molar-refractivity contribution in [2.75, 3.05) is 6.54 Å². The molecule has 0 saturated carbocycles. The zero-order valence-corrected chi connectivity index (χ0v) is 15.9. The number of carbonyl (C=O) groups is 3. The van der Waals surface area contributed by atoms with E-state index >= 15 is 0 Å². The van der Waals surface area contributed by atoms with Gasteiger partial charge in [0, 0.05) is 0 Å². The Balaban J connectivity index is 2.12. The van der Waals surface area contributed by atoms with E-state index in [0.717, 1.165) is 0 Å². The summed E-state index contributed by atoms with van der Waals surface area (Å²) in [5, 5.41) is 9.54. The molecule has 0 unspecified atom stereocenters. The van der Waals surface area contributed by atoms with Crippen molar-refractivity contribution in [3.63, 3.8) is 0 Å². The number of amides is 2. The molecule has 0 heterocycles. The molecule has 2 aromatic rings. The lowest BCUT2D eigenvalue weighted by Crippen LogP contribution is -2.49. The lowest BCUT2D eigenvalue weighted by molar-refractivity contribution is -0.142. The second-order valence-electron chi connectivity index (χ2n) is 6.24. The summed E-state index contributed by atoms with van der Waals surface area (Å²) in [4.78, 5) is 37.4. The minimum atomic E-state index is -1.44. The molecular formula is C21H24N2O6. The molecule has 0 radical (unpaired) electrons. The number of ether oxygens (including phenoxy) is 2. The van der Waals surface area contributed by atoms with Gasteiger partial charge < -0.3 is 20.3 Å². The van der Waals surface area contributed by atoms with Gasteiger partial charge in [-0.2, -0.15) is 4.90 Å². The van der Waals surface area contributed by atoms with Gasteiger partial charge >= 0.3 is 18.2 Å². The Kier molecular flexibility index (Phi) is 8.65. The first-order valence-electron chi connectivity index (χ1n) is 9.16. The first-order chi connectivity index (χ1) is 14.0. The number of carbonyl (C=O) groups excluding carboxylic acids is 2. The van der Waals surface area contributed by atoms with Gasteiger partial charge in [-0.15, -0.1) is 0 Å².